The van der Waals surface area contributed by atoms with Crippen molar-refractivity contribution in [2.75, 3.05) is 25.1 Å². The van der Waals surface area contributed by atoms with Gasteiger partial charge >= 0.3 is 0 Å². The zero-order valence-corrected chi connectivity index (χ0v) is 9.74. The SMILES string of the molecule is COC1(C)CCCN(c2ccnc(F)c2)C1. The molecule has 0 bridgehead atoms. The van der Waals surface area contributed by atoms with Gasteiger partial charge in [0.2, 0.25) is 5.95 Å². The Morgan fingerprint density at radius 1 is 1.56 bits per heavy atom. The summed E-state index contributed by atoms with van der Waals surface area (Å²) in [6.45, 7) is 3.84. The molecular weight excluding hydrogens is 207 g/mol. The van der Waals surface area contributed by atoms with Gasteiger partial charge in [-0.15, -0.1) is 0 Å². The molecule has 0 aromatic carbocycles. The van der Waals surface area contributed by atoms with E-state index in [1.807, 2.05) is 6.07 Å². The van der Waals surface area contributed by atoms with Crippen molar-refractivity contribution in [2.45, 2.75) is 25.4 Å². The molecule has 0 amide bonds. The van der Waals surface area contributed by atoms with E-state index in [-0.39, 0.29) is 5.60 Å². The molecule has 0 N–H and O–H groups in total. The average molecular weight is 224 g/mol. The van der Waals surface area contributed by atoms with E-state index >= 15 is 0 Å². The fraction of sp³-hybridized carbons (Fsp3) is 0.583. The van der Waals surface area contributed by atoms with Gasteiger partial charge in [-0.2, -0.15) is 4.39 Å². The molecule has 0 saturated carbocycles. The van der Waals surface area contributed by atoms with Gasteiger partial charge in [-0.05, 0) is 25.8 Å². The number of hydrogen-bond donors (Lipinski definition) is 0. The van der Waals surface area contributed by atoms with Crippen molar-refractivity contribution < 1.29 is 9.13 Å². The van der Waals surface area contributed by atoms with Crippen LogP contribution in [0.5, 0.6) is 0 Å². The van der Waals surface area contributed by atoms with Crippen LogP contribution in [0.25, 0.3) is 0 Å². The summed E-state index contributed by atoms with van der Waals surface area (Å²) >= 11 is 0. The summed E-state index contributed by atoms with van der Waals surface area (Å²) < 4.78 is 18.5. The van der Waals surface area contributed by atoms with Crippen molar-refractivity contribution in [3.05, 3.63) is 24.3 Å². The normalized spacial score (nSPS) is 25.8. The fourth-order valence-electron chi connectivity index (χ4n) is 2.18. The van der Waals surface area contributed by atoms with Crippen molar-refractivity contribution in [1.82, 2.24) is 4.98 Å². The van der Waals surface area contributed by atoms with Crippen molar-refractivity contribution >= 4 is 5.69 Å². The second-order valence-electron chi connectivity index (χ2n) is 4.52. The van der Waals surface area contributed by atoms with Gasteiger partial charge in [-0.1, -0.05) is 0 Å². The molecule has 0 spiro atoms. The quantitative estimate of drug-likeness (QED) is 0.720. The van der Waals surface area contributed by atoms with Crippen LogP contribution in [0.3, 0.4) is 0 Å². The molecule has 0 aliphatic carbocycles. The first-order valence-corrected chi connectivity index (χ1v) is 5.55. The van der Waals surface area contributed by atoms with Crippen LogP contribution in [0.15, 0.2) is 18.3 Å². The van der Waals surface area contributed by atoms with Gasteiger partial charge in [0.25, 0.3) is 0 Å². The molecule has 1 aromatic heterocycles. The number of methoxy groups -OCH3 is 1. The molecule has 16 heavy (non-hydrogen) atoms. The highest BCUT2D eigenvalue weighted by molar-refractivity contribution is 5.45. The van der Waals surface area contributed by atoms with Crippen LogP contribution in [0.1, 0.15) is 19.8 Å². The molecule has 1 aromatic rings. The van der Waals surface area contributed by atoms with Gasteiger partial charge in [-0.25, -0.2) is 4.98 Å². The van der Waals surface area contributed by atoms with Crippen LogP contribution in [-0.4, -0.2) is 30.8 Å². The number of pyridine rings is 1. The third kappa shape index (κ3) is 2.32. The van der Waals surface area contributed by atoms with Crippen LogP contribution in [-0.2, 0) is 4.74 Å². The lowest BCUT2D eigenvalue weighted by atomic mass is 9.94. The van der Waals surface area contributed by atoms with Crippen LogP contribution in [0.4, 0.5) is 10.1 Å². The zero-order valence-electron chi connectivity index (χ0n) is 9.74. The van der Waals surface area contributed by atoms with E-state index < -0.39 is 5.95 Å². The number of ether oxygens (including phenoxy) is 1. The van der Waals surface area contributed by atoms with E-state index in [0.29, 0.717) is 0 Å². The summed E-state index contributed by atoms with van der Waals surface area (Å²) in [5.74, 6) is -0.429. The first kappa shape index (κ1) is 11.3. The molecular formula is C12H17FN2O. The monoisotopic (exact) mass is 224 g/mol. The van der Waals surface area contributed by atoms with Crippen molar-refractivity contribution in [1.29, 1.82) is 0 Å². The van der Waals surface area contributed by atoms with Gasteiger partial charge in [0.05, 0.1) is 5.60 Å². The predicted octanol–water partition coefficient (Wildman–Crippen LogP) is 2.23. The second-order valence-corrected chi connectivity index (χ2v) is 4.52. The summed E-state index contributed by atoms with van der Waals surface area (Å²) in [5.41, 5.74) is 0.758. The van der Waals surface area contributed by atoms with Crippen molar-refractivity contribution in [3.8, 4) is 0 Å². The maximum atomic E-state index is 13.0. The Kier molecular flexibility index (Phi) is 3.10. The average Bonchev–Trinajstić information content (AvgIpc) is 2.29. The van der Waals surface area contributed by atoms with Gasteiger partial charge in [0, 0.05) is 38.1 Å². The first-order valence-electron chi connectivity index (χ1n) is 5.55. The Bertz CT molecular complexity index is 372. The molecule has 4 heteroatoms. The Balaban J connectivity index is 2.16. The molecule has 1 saturated heterocycles. The Morgan fingerprint density at radius 3 is 3.06 bits per heavy atom. The van der Waals surface area contributed by atoms with E-state index in [1.165, 1.54) is 12.3 Å². The summed E-state index contributed by atoms with van der Waals surface area (Å²) in [5, 5.41) is 0. The van der Waals surface area contributed by atoms with Crippen LogP contribution in [0.2, 0.25) is 0 Å². The summed E-state index contributed by atoms with van der Waals surface area (Å²) in [6.07, 6.45) is 3.62. The standard InChI is InChI=1S/C12H17FN2O/c1-12(16-2)5-3-7-15(9-12)10-4-6-14-11(13)8-10/h4,6,8H,3,5,7,9H2,1-2H3. The van der Waals surface area contributed by atoms with Crippen LogP contribution >= 0.6 is 0 Å². The number of anilines is 1. The molecule has 0 radical (unpaired) electrons. The van der Waals surface area contributed by atoms with E-state index in [9.17, 15) is 4.39 Å². The maximum Gasteiger partial charge on any atom is 0.214 e. The maximum absolute atomic E-state index is 13.0. The largest absolute Gasteiger partial charge is 0.377 e. The molecule has 88 valence electrons. The predicted molar refractivity (Wildman–Crippen MR) is 61.1 cm³/mol. The molecule has 1 aliphatic rings. The van der Waals surface area contributed by atoms with Gasteiger partial charge in [0.1, 0.15) is 0 Å². The van der Waals surface area contributed by atoms with Gasteiger partial charge in [0.15, 0.2) is 0 Å². The molecule has 2 rings (SSSR count). The fourth-order valence-corrected chi connectivity index (χ4v) is 2.18. The van der Waals surface area contributed by atoms with Gasteiger partial charge in [-0.3, -0.25) is 0 Å². The lowest BCUT2D eigenvalue weighted by molar-refractivity contribution is -0.00467. The Labute approximate surface area is 95.2 Å². The lowest BCUT2D eigenvalue weighted by Crippen LogP contribution is -2.47. The van der Waals surface area contributed by atoms with Crippen molar-refractivity contribution in [3.63, 3.8) is 0 Å². The number of rotatable bonds is 2. The second kappa shape index (κ2) is 4.37. The summed E-state index contributed by atoms with van der Waals surface area (Å²) in [4.78, 5) is 5.72. The van der Waals surface area contributed by atoms with Crippen LogP contribution < -0.4 is 4.90 Å². The highest BCUT2D eigenvalue weighted by Crippen LogP contribution is 2.27. The molecule has 2 heterocycles. The minimum absolute atomic E-state index is 0.127. The Morgan fingerprint density at radius 2 is 2.38 bits per heavy atom. The highest BCUT2D eigenvalue weighted by Gasteiger charge is 2.30. The summed E-state index contributed by atoms with van der Waals surface area (Å²) in [7, 11) is 1.73. The van der Waals surface area contributed by atoms with E-state index in [2.05, 4.69) is 16.8 Å². The number of halogens is 1. The van der Waals surface area contributed by atoms with E-state index in [0.717, 1.165) is 31.6 Å². The van der Waals surface area contributed by atoms with E-state index in [1.54, 1.807) is 7.11 Å². The number of hydrogen-bond acceptors (Lipinski definition) is 3. The molecule has 1 fully saturated rings. The number of piperidine rings is 1. The highest BCUT2D eigenvalue weighted by atomic mass is 19.1. The third-order valence-corrected chi connectivity index (χ3v) is 3.23. The molecule has 1 aliphatic heterocycles. The lowest BCUT2D eigenvalue weighted by Gasteiger charge is -2.40. The third-order valence-electron chi connectivity index (χ3n) is 3.23. The number of nitrogens with zero attached hydrogens (tertiary/aromatic N) is 2. The molecule has 1 unspecified atom stereocenters. The topological polar surface area (TPSA) is 25.4 Å². The Hall–Kier alpha value is -1.16. The van der Waals surface area contributed by atoms with E-state index in [4.69, 9.17) is 4.74 Å². The summed E-state index contributed by atoms with van der Waals surface area (Å²) in [6, 6.07) is 3.31. The number of aromatic nitrogens is 1. The minimum Gasteiger partial charge on any atom is -0.377 e. The first-order chi connectivity index (χ1) is 7.63. The smallest absolute Gasteiger partial charge is 0.214 e. The minimum atomic E-state index is -0.429. The molecule has 1 atom stereocenters. The zero-order chi connectivity index (χ0) is 11.6. The van der Waals surface area contributed by atoms with Gasteiger partial charge < -0.3 is 9.64 Å². The van der Waals surface area contributed by atoms with Crippen molar-refractivity contribution in [2.24, 2.45) is 0 Å². The van der Waals surface area contributed by atoms with Crippen LogP contribution in [0, 0.1) is 5.95 Å². The molecule has 3 nitrogen and oxygen atoms in total.